The van der Waals surface area contributed by atoms with E-state index in [1.165, 1.54) is 11.8 Å². The predicted molar refractivity (Wildman–Crippen MR) is 68.7 cm³/mol. The summed E-state index contributed by atoms with van der Waals surface area (Å²) in [5.74, 6) is 1.63. The molecule has 0 saturated carbocycles. The number of hydrogen-bond acceptors (Lipinski definition) is 4. The van der Waals surface area contributed by atoms with Crippen LogP contribution in [0.2, 0.25) is 0 Å². The van der Waals surface area contributed by atoms with Crippen molar-refractivity contribution < 1.29 is 9.22 Å². The molecule has 0 fully saturated rings. The normalized spacial score (nSPS) is 14.7. The monoisotopic (exact) mass is 252 g/mol. The Kier molecular flexibility index (Phi) is 4.03. The number of allylic oxidation sites excluding steroid dienone is 1. The van der Waals surface area contributed by atoms with Crippen molar-refractivity contribution >= 4 is 18.0 Å². The number of ether oxygens (including phenoxy) is 1. The van der Waals surface area contributed by atoms with Crippen LogP contribution in [0.25, 0.3) is 0 Å². The molecule has 0 aliphatic carbocycles. The fourth-order valence-corrected chi connectivity index (χ4v) is 2.25. The first-order valence-electron chi connectivity index (χ1n) is 5.18. The van der Waals surface area contributed by atoms with Crippen molar-refractivity contribution in [3.05, 3.63) is 40.9 Å². The quantitative estimate of drug-likeness (QED) is 0.770. The first-order chi connectivity index (χ1) is 8.28. The number of hydrogen-bond donors (Lipinski definition) is 0. The average Bonchev–Trinajstić information content (AvgIpc) is 2.37. The van der Waals surface area contributed by atoms with E-state index in [0.29, 0.717) is 5.12 Å². The molecule has 5 heteroatoms. The Balaban J connectivity index is 1.91. The topological polar surface area (TPSA) is 24.8 Å². The Hall–Kier alpha value is -1.49. The molecule has 0 spiro atoms. The van der Waals surface area contributed by atoms with E-state index in [9.17, 15) is 4.48 Å². The third-order valence-corrected chi connectivity index (χ3v) is 3.29. The van der Waals surface area contributed by atoms with Crippen molar-refractivity contribution in [2.24, 2.45) is 4.99 Å². The highest BCUT2D eigenvalue weighted by molar-refractivity contribution is 8.03. The molecule has 17 heavy (non-hydrogen) atoms. The Morgan fingerprint density at radius 1 is 1.41 bits per heavy atom. The molecule has 0 bridgehead atoms. The van der Waals surface area contributed by atoms with E-state index in [2.05, 4.69) is 4.99 Å². The van der Waals surface area contributed by atoms with E-state index in [1.807, 2.05) is 24.3 Å². The van der Waals surface area contributed by atoms with Crippen LogP contribution in [0.4, 0.5) is 4.48 Å². The highest BCUT2D eigenvalue weighted by Gasteiger charge is 2.05. The van der Waals surface area contributed by atoms with E-state index in [0.717, 1.165) is 16.4 Å². The minimum atomic E-state index is 0.0899. The van der Waals surface area contributed by atoms with Crippen molar-refractivity contribution in [1.82, 2.24) is 5.12 Å². The Labute approximate surface area is 104 Å². The molecule has 0 radical (unpaired) electrons. The van der Waals surface area contributed by atoms with Gasteiger partial charge in [0.1, 0.15) is 12.4 Å². The number of halogens is 1. The second-order valence-corrected chi connectivity index (χ2v) is 4.57. The molecular weight excluding hydrogens is 239 g/mol. The molecule has 0 N–H and O–H groups in total. The lowest BCUT2D eigenvalue weighted by Crippen LogP contribution is -2.10. The zero-order valence-corrected chi connectivity index (χ0v) is 10.3. The molecule has 0 amide bonds. The average molecular weight is 252 g/mol. The fraction of sp³-hybridized carbons (Fsp3) is 0.250. The summed E-state index contributed by atoms with van der Waals surface area (Å²) in [5, 5.41) is 0.580. The number of rotatable bonds is 4. The number of methoxy groups -OCH3 is 1. The minimum absolute atomic E-state index is 0.0899. The van der Waals surface area contributed by atoms with E-state index in [-0.39, 0.29) is 6.67 Å². The van der Waals surface area contributed by atoms with Gasteiger partial charge in [0.2, 0.25) is 0 Å². The molecule has 2 rings (SSSR count). The zero-order valence-electron chi connectivity index (χ0n) is 9.47. The molecule has 90 valence electrons. The number of thioether (sulfide) groups is 1. The number of benzene rings is 1. The van der Waals surface area contributed by atoms with Crippen LogP contribution < -0.4 is 4.74 Å². The van der Waals surface area contributed by atoms with Gasteiger partial charge >= 0.3 is 0 Å². The first kappa shape index (κ1) is 12.0. The molecule has 0 atom stereocenters. The maximum Gasteiger partial charge on any atom is 0.140 e. The van der Waals surface area contributed by atoms with Gasteiger partial charge in [-0.1, -0.05) is 16.6 Å². The molecular formula is C12H13FN2OS. The van der Waals surface area contributed by atoms with E-state index < -0.39 is 0 Å². The molecule has 0 unspecified atom stereocenters. The first-order valence-corrected chi connectivity index (χ1v) is 6.16. The van der Waals surface area contributed by atoms with E-state index >= 15 is 0 Å². The molecule has 1 aromatic carbocycles. The molecule has 3 nitrogen and oxygen atoms in total. The van der Waals surface area contributed by atoms with Crippen LogP contribution >= 0.6 is 11.8 Å². The maximum atomic E-state index is 12.9. The van der Waals surface area contributed by atoms with Crippen LogP contribution in [0, 0.1) is 0 Å². The van der Waals surface area contributed by atoms with Gasteiger partial charge in [0.15, 0.2) is 0 Å². The van der Waals surface area contributed by atoms with Crippen LogP contribution in [0.3, 0.4) is 0 Å². The summed E-state index contributed by atoms with van der Waals surface area (Å²) in [6.45, 7) is 0.0899. The summed E-state index contributed by atoms with van der Waals surface area (Å²) < 4.78 is 18.0. The zero-order chi connectivity index (χ0) is 12.1. The van der Waals surface area contributed by atoms with E-state index in [1.54, 1.807) is 25.1 Å². The molecule has 0 aromatic heterocycles. The van der Waals surface area contributed by atoms with Crippen LogP contribution in [0.1, 0.15) is 5.56 Å². The largest absolute Gasteiger partial charge is 0.497 e. The summed E-state index contributed by atoms with van der Waals surface area (Å²) in [4.78, 5) is 4.72. The van der Waals surface area contributed by atoms with Gasteiger partial charge in [-0.15, -0.1) is 11.8 Å². The fourth-order valence-electron chi connectivity index (χ4n) is 1.38. The minimum Gasteiger partial charge on any atom is -0.497 e. The Morgan fingerprint density at radius 2 is 2.18 bits per heavy atom. The summed E-state index contributed by atoms with van der Waals surface area (Å²) in [6.07, 6.45) is 3.16. The summed E-state index contributed by atoms with van der Waals surface area (Å²) in [5.41, 5.74) is 1.17. The highest BCUT2D eigenvalue weighted by atomic mass is 32.2. The third-order valence-electron chi connectivity index (χ3n) is 2.27. The Bertz CT molecular complexity index is 431. The van der Waals surface area contributed by atoms with Gasteiger partial charge in [0.25, 0.3) is 0 Å². The predicted octanol–water partition coefficient (Wildman–Crippen LogP) is 3.00. The van der Waals surface area contributed by atoms with Crippen LogP contribution in [-0.4, -0.2) is 25.1 Å². The number of nitrogens with zero attached hydrogens (tertiary/aromatic N) is 2. The Morgan fingerprint density at radius 3 is 2.82 bits per heavy atom. The van der Waals surface area contributed by atoms with Crippen molar-refractivity contribution in [3.63, 3.8) is 0 Å². The van der Waals surface area contributed by atoms with Crippen LogP contribution in [0.15, 0.2) is 40.4 Å². The highest BCUT2D eigenvalue weighted by Crippen LogP contribution is 2.23. The third kappa shape index (κ3) is 3.49. The van der Waals surface area contributed by atoms with Crippen LogP contribution in [0.5, 0.6) is 5.75 Å². The van der Waals surface area contributed by atoms with Crippen molar-refractivity contribution in [3.8, 4) is 5.75 Å². The lowest BCUT2D eigenvalue weighted by Gasteiger charge is -2.12. The summed E-state index contributed by atoms with van der Waals surface area (Å²) in [6, 6.07) is 7.83. The van der Waals surface area contributed by atoms with Gasteiger partial charge in [-0.05, 0) is 17.7 Å². The van der Waals surface area contributed by atoms with Gasteiger partial charge < -0.3 is 4.74 Å². The molecule has 1 aliphatic rings. The lowest BCUT2D eigenvalue weighted by molar-refractivity contribution is 0.0926. The van der Waals surface area contributed by atoms with Gasteiger partial charge in [-0.3, -0.25) is 4.99 Å². The van der Waals surface area contributed by atoms with Crippen molar-refractivity contribution in [1.29, 1.82) is 0 Å². The summed E-state index contributed by atoms with van der Waals surface area (Å²) in [7, 11) is 1.64. The molecule has 0 saturated heterocycles. The van der Waals surface area contributed by atoms with Gasteiger partial charge in [-0.2, -0.15) is 5.12 Å². The molecule has 1 heterocycles. The number of aliphatic imine (C=N–C) groups is 1. The summed E-state index contributed by atoms with van der Waals surface area (Å²) >= 11 is 1.56. The van der Waals surface area contributed by atoms with E-state index in [4.69, 9.17) is 4.74 Å². The van der Waals surface area contributed by atoms with Gasteiger partial charge in [0.05, 0.1) is 7.11 Å². The SMILES string of the molecule is COc1ccc(CSC2=CN(F)CN=C2)cc1. The molecule has 1 aliphatic heterocycles. The molecule has 1 aromatic rings. The van der Waals surface area contributed by atoms with Crippen molar-refractivity contribution in [2.45, 2.75) is 5.75 Å². The smallest absolute Gasteiger partial charge is 0.140 e. The van der Waals surface area contributed by atoms with Gasteiger partial charge in [0, 0.05) is 23.1 Å². The standard InChI is InChI=1S/C12H13FN2OS/c1-16-11-4-2-10(3-5-11)8-17-12-6-14-9-15(13)7-12/h2-7H,8-9H2,1H3. The second-order valence-electron chi connectivity index (χ2n) is 3.52. The van der Waals surface area contributed by atoms with Crippen molar-refractivity contribution in [2.75, 3.05) is 13.8 Å². The van der Waals surface area contributed by atoms with Gasteiger partial charge in [-0.25, -0.2) is 0 Å². The maximum absolute atomic E-state index is 12.9. The lowest BCUT2D eigenvalue weighted by atomic mass is 10.2. The second kappa shape index (κ2) is 5.72. The van der Waals surface area contributed by atoms with Crippen LogP contribution in [-0.2, 0) is 5.75 Å².